The van der Waals surface area contributed by atoms with Gasteiger partial charge in [-0.05, 0) is 0 Å². The van der Waals surface area contributed by atoms with Gasteiger partial charge >= 0.3 is 45.7 Å². The Labute approximate surface area is 160 Å². The van der Waals surface area contributed by atoms with Crippen LogP contribution in [0, 0.1) is 0 Å². The number of hydrogen-bond donors (Lipinski definition) is 0. The van der Waals surface area contributed by atoms with Crippen LogP contribution in [-0.4, -0.2) is 59.4 Å². The lowest BCUT2D eigenvalue weighted by atomic mass is 10.2. The van der Waals surface area contributed by atoms with Crippen molar-refractivity contribution in [2.45, 2.75) is 42.0 Å². The summed E-state index contributed by atoms with van der Waals surface area (Å²) < 4.78 is 207. The minimum Gasteiger partial charge on any atom is -0.272 e. The van der Waals surface area contributed by atoms with Gasteiger partial charge in [-0.1, -0.05) is 0 Å². The fraction of sp³-hybridized carbons (Fsp3) is 0.700. The van der Waals surface area contributed by atoms with Gasteiger partial charge in [0.15, 0.2) is 0 Å². The number of hydrogen-bond acceptors (Lipinski definition) is 5. The largest absolute Gasteiger partial charge is 0.458 e. The van der Waals surface area contributed by atoms with Crippen LogP contribution in [0.15, 0.2) is 18.7 Å². The zero-order valence-electron chi connectivity index (χ0n) is 13.5. The molecule has 0 aliphatic rings. The van der Waals surface area contributed by atoms with E-state index in [0.29, 0.717) is 6.20 Å². The van der Waals surface area contributed by atoms with Crippen LogP contribution in [0.1, 0.15) is 0 Å². The zero-order valence-corrected chi connectivity index (χ0v) is 14.4. The monoisotopic (exact) mass is 514 g/mol. The summed E-state index contributed by atoms with van der Waals surface area (Å²) in [6, 6.07) is 0. The van der Waals surface area contributed by atoms with Crippen LogP contribution in [0.3, 0.4) is 0 Å². The van der Waals surface area contributed by atoms with Crippen molar-refractivity contribution in [2.75, 3.05) is 0 Å². The number of rotatable bonds is 8. The number of halogens is 14. The Morgan fingerprint density at radius 2 is 1.32 bits per heavy atom. The molecule has 182 valence electrons. The van der Waals surface area contributed by atoms with E-state index in [0.717, 1.165) is 0 Å². The summed E-state index contributed by atoms with van der Waals surface area (Å²) in [5.74, 6) is -7.62. The first-order valence-corrected chi connectivity index (χ1v) is 8.09. The van der Waals surface area contributed by atoms with Crippen LogP contribution in [0.25, 0.3) is 0 Å². The second-order valence-electron chi connectivity index (χ2n) is 5.12. The number of imidazole rings is 1. The Balaban J connectivity index is 3.51. The van der Waals surface area contributed by atoms with Crippen LogP contribution in [-0.2, 0) is 19.5 Å². The lowest BCUT2D eigenvalue weighted by Gasteiger charge is -2.37. The molecule has 1 aromatic rings. The van der Waals surface area contributed by atoms with Crippen molar-refractivity contribution in [1.82, 2.24) is 8.96 Å². The first-order chi connectivity index (χ1) is 13.4. The Bertz CT molecular complexity index is 865. The Morgan fingerprint density at radius 1 is 0.839 bits per heavy atom. The lowest BCUT2D eigenvalue weighted by molar-refractivity contribution is -0.526. The molecule has 0 saturated carbocycles. The van der Waals surface area contributed by atoms with E-state index in [4.69, 9.17) is 0 Å². The summed E-state index contributed by atoms with van der Waals surface area (Å²) in [5, 5.41) is -6.97. The van der Waals surface area contributed by atoms with Crippen molar-refractivity contribution < 1.29 is 79.4 Å². The van der Waals surface area contributed by atoms with Crippen LogP contribution in [0.5, 0.6) is 0 Å². The molecule has 1 rings (SSSR count). The van der Waals surface area contributed by atoms with E-state index in [-0.39, 0.29) is 12.5 Å². The highest BCUT2D eigenvalue weighted by Gasteiger charge is 2.82. The standard InChI is InChI=1S/C10H4F14N2O4S/c11-4(5(12,13)14)29-8(19,20)6(15,7(16,17)18)30-9(21,22)10(23,24)31(27,28)26-2-1-25-3-26/h1-4H. The third kappa shape index (κ3) is 4.66. The minimum absolute atomic E-state index is 0.000517. The number of aromatic nitrogens is 2. The molecule has 0 aromatic carbocycles. The zero-order chi connectivity index (χ0) is 24.9. The van der Waals surface area contributed by atoms with Crippen molar-refractivity contribution in [3.05, 3.63) is 18.7 Å². The lowest BCUT2D eigenvalue weighted by Crippen LogP contribution is -2.65. The first kappa shape index (κ1) is 27.1. The third-order valence-electron chi connectivity index (χ3n) is 2.94. The molecule has 0 aliphatic heterocycles. The van der Waals surface area contributed by atoms with Crippen LogP contribution >= 0.6 is 0 Å². The molecule has 0 radical (unpaired) electrons. The van der Waals surface area contributed by atoms with Gasteiger partial charge in [0.25, 0.3) is 6.36 Å². The fourth-order valence-corrected chi connectivity index (χ4v) is 2.46. The molecule has 6 nitrogen and oxygen atoms in total. The van der Waals surface area contributed by atoms with E-state index in [1.165, 1.54) is 0 Å². The van der Waals surface area contributed by atoms with Crippen LogP contribution < -0.4 is 0 Å². The maximum Gasteiger partial charge on any atom is 0.458 e. The van der Waals surface area contributed by atoms with Crippen LogP contribution in [0.2, 0.25) is 0 Å². The van der Waals surface area contributed by atoms with Gasteiger partial charge in [-0.3, -0.25) is 9.47 Å². The maximum absolute atomic E-state index is 13.8. The number of nitrogens with zero attached hydrogens (tertiary/aromatic N) is 2. The molecule has 0 bridgehead atoms. The summed E-state index contributed by atoms with van der Waals surface area (Å²) in [6.07, 6.45) is -34.2. The molecule has 2 atom stereocenters. The van der Waals surface area contributed by atoms with E-state index in [2.05, 4.69) is 4.98 Å². The van der Waals surface area contributed by atoms with Gasteiger partial charge in [0.1, 0.15) is 6.33 Å². The van der Waals surface area contributed by atoms with Crippen molar-refractivity contribution in [3.63, 3.8) is 0 Å². The molecule has 1 aromatic heterocycles. The first-order valence-electron chi connectivity index (χ1n) is 6.65. The molecule has 0 aliphatic carbocycles. The van der Waals surface area contributed by atoms with Gasteiger partial charge in [0, 0.05) is 12.4 Å². The number of alkyl halides is 14. The summed E-state index contributed by atoms with van der Waals surface area (Å²) in [5.41, 5.74) is 0. The molecule has 0 amide bonds. The third-order valence-corrected chi connectivity index (χ3v) is 4.59. The van der Waals surface area contributed by atoms with Crippen molar-refractivity contribution in [2.24, 2.45) is 0 Å². The quantitative estimate of drug-likeness (QED) is 0.492. The van der Waals surface area contributed by atoms with E-state index < -0.39 is 56.0 Å². The normalized spacial score (nSPS) is 18.0. The Hall–Kier alpha value is -1.90. The van der Waals surface area contributed by atoms with Gasteiger partial charge < -0.3 is 0 Å². The molecule has 0 saturated heterocycles. The predicted octanol–water partition coefficient (Wildman–Crippen LogP) is 3.96. The average molecular weight is 514 g/mol. The van der Waals surface area contributed by atoms with Gasteiger partial charge in [-0.25, -0.2) is 13.3 Å². The Morgan fingerprint density at radius 3 is 1.68 bits per heavy atom. The molecular weight excluding hydrogens is 510 g/mol. The summed E-state index contributed by atoms with van der Waals surface area (Å²) in [6.45, 7) is 0. The Kier molecular flexibility index (Phi) is 6.65. The van der Waals surface area contributed by atoms with E-state index >= 15 is 0 Å². The van der Waals surface area contributed by atoms with E-state index in [1.54, 1.807) is 4.74 Å². The van der Waals surface area contributed by atoms with Crippen molar-refractivity contribution >= 4 is 10.0 Å². The highest BCUT2D eigenvalue weighted by molar-refractivity contribution is 7.91. The molecule has 1 heterocycles. The van der Waals surface area contributed by atoms with Gasteiger partial charge in [0.2, 0.25) is 0 Å². The molecule has 31 heavy (non-hydrogen) atoms. The van der Waals surface area contributed by atoms with Crippen LogP contribution in [0.4, 0.5) is 61.5 Å². The van der Waals surface area contributed by atoms with Crippen molar-refractivity contribution in [3.8, 4) is 0 Å². The summed E-state index contributed by atoms with van der Waals surface area (Å²) in [7, 11) is -6.89. The van der Waals surface area contributed by atoms with Gasteiger partial charge in [0.05, 0.1) is 0 Å². The minimum atomic E-state index is -7.62. The molecule has 0 fully saturated rings. The molecule has 0 spiro atoms. The summed E-state index contributed by atoms with van der Waals surface area (Å²) in [4.78, 5) is 2.82. The molecular formula is C10H4F14N2O4S. The number of ether oxygens (including phenoxy) is 2. The predicted molar refractivity (Wildman–Crippen MR) is 64.4 cm³/mol. The second-order valence-corrected chi connectivity index (χ2v) is 7.00. The maximum atomic E-state index is 13.8. The summed E-state index contributed by atoms with van der Waals surface area (Å²) >= 11 is 0. The SMILES string of the molecule is O=S(=O)(n1ccnc1)C(F)(F)C(F)(F)OC(F)(C(F)(F)F)C(F)(F)OC(F)C(F)(F)F. The van der Waals surface area contributed by atoms with Crippen molar-refractivity contribution in [1.29, 1.82) is 0 Å². The highest BCUT2D eigenvalue weighted by Crippen LogP contribution is 2.53. The second kappa shape index (κ2) is 7.60. The van der Waals surface area contributed by atoms with E-state index in [1.807, 2.05) is 4.74 Å². The average Bonchev–Trinajstić information content (AvgIpc) is 3.06. The topological polar surface area (TPSA) is 70.4 Å². The van der Waals surface area contributed by atoms with Gasteiger partial charge in [-0.2, -0.15) is 65.5 Å². The molecule has 0 N–H and O–H groups in total. The smallest absolute Gasteiger partial charge is 0.272 e. The molecule has 21 heteroatoms. The fourth-order valence-electron chi connectivity index (χ4n) is 1.46. The van der Waals surface area contributed by atoms with E-state index in [9.17, 15) is 69.9 Å². The molecule has 2 unspecified atom stereocenters. The highest BCUT2D eigenvalue weighted by atomic mass is 32.2. The van der Waals surface area contributed by atoms with Gasteiger partial charge in [-0.15, -0.1) is 0 Å².